The summed E-state index contributed by atoms with van der Waals surface area (Å²) in [5.74, 6) is 0.810. The highest BCUT2D eigenvalue weighted by molar-refractivity contribution is 7.08. The Hall–Kier alpha value is -1.89. The van der Waals surface area contributed by atoms with Gasteiger partial charge in [0.05, 0.1) is 26.4 Å². The molecule has 2 aromatic rings. The van der Waals surface area contributed by atoms with Crippen LogP contribution in [-0.4, -0.2) is 50.8 Å². The van der Waals surface area contributed by atoms with Crippen molar-refractivity contribution in [2.45, 2.75) is 6.04 Å². The molecule has 1 fully saturated rings. The Morgan fingerprint density at radius 2 is 2.04 bits per heavy atom. The zero-order valence-corrected chi connectivity index (χ0v) is 14.6. The minimum absolute atomic E-state index is 0.0250. The Balaban J connectivity index is 1.72. The average Bonchev–Trinajstić information content (AvgIpc) is 3.18. The number of rotatable bonds is 6. The molecule has 1 atom stereocenters. The van der Waals surface area contributed by atoms with Gasteiger partial charge in [0.2, 0.25) is 0 Å². The number of hydrogen-bond acceptors (Lipinski definition) is 5. The fourth-order valence-electron chi connectivity index (χ4n) is 2.86. The molecular formula is C18H22N2O3S. The second-order valence-corrected chi connectivity index (χ2v) is 6.44. The Morgan fingerprint density at radius 1 is 1.29 bits per heavy atom. The van der Waals surface area contributed by atoms with E-state index in [4.69, 9.17) is 9.47 Å². The van der Waals surface area contributed by atoms with E-state index in [-0.39, 0.29) is 11.9 Å². The third kappa shape index (κ3) is 4.14. The summed E-state index contributed by atoms with van der Waals surface area (Å²) >= 11 is 1.53. The molecule has 0 radical (unpaired) electrons. The number of thiophene rings is 1. The van der Waals surface area contributed by atoms with Crippen molar-refractivity contribution in [1.29, 1.82) is 0 Å². The lowest BCUT2D eigenvalue weighted by Gasteiger charge is -2.35. The fraction of sp³-hybridized carbons (Fsp3) is 0.389. The maximum Gasteiger partial charge on any atom is 0.252 e. The molecule has 1 aromatic heterocycles. The Bertz CT molecular complexity index is 637. The highest BCUT2D eigenvalue weighted by Gasteiger charge is 2.23. The van der Waals surface area contributed by atoms with Crippen LogP contribution in [0.3, 0.4) is 0 Å². The van der Waals surface area contributed by atoms with Crippen molar-refractivity contribution >= 4 is 17.2 Å². The second-order valence-electron chi connectivity index (χ2n) is 5.66. The van der Waals surface area contributed by atoms with Gasteiger partial charge in [0.15, 0.2) is 0 Å². The molecule has 2 heterocycles. The van der Waals surface area contributed by atoms with Crippen LogP contribution in [0.1, 0.15) is 22.0 Å². The standard InChI is InChI=1S/C18H22N2O3S/c1-22-16-4-2-14(3-5-16)17(20-7-9-23-10-8-20)12-19-18(21)15-6-11-24-13-15/h2-6,11,13,17H,7-10,12H2,1H3,(H,19,21)/t17-/m1/s1. The van der Waals surface area contributed by atoms with E-state index in [1.165, 1.54) is 16.9 Å². The zero-order valence-electron chi connectivity index (χ0n) is 13.7. The molecule has 1 aromatic carbocycles. The minimum Gasteiger partial charge on any atom is -0.497 e. The van der Waals surface area contributed by atoms with Gasteiger partial charge in [-0.2, -0.15) is 11.3 Å². The lowest BCUT2D eigenvalue weighted by molar-refractivity contribution is 0.0162. The number of morpholine rings is 1. The number of methoxy groups -OCH3 is 1. The van der Waals surface area contributed by atoms with Gasteiger partial charge in [-0.05, 0) is 29.1 Å². The van der Waals surface area contributed by atoms with Crippen LogP contribution in [0.15, 0.2) is 41.1 Å². The van der Waals surface area contributed by atoms with Crippen molar-refractivity contribution in [2.75, 3.05) is 40.0 Å². The van der Waals surface area contributed by atoms with E-state index in [1.54, 1.807) is 7.11 Å². The van der Waals surface area contributed by atoms with Gasteiger partial charge >= 0.3 is 0 Å². The third-order valence-electron chi connectivity index (χ3n) is 4.23. The summed E-state index contributed by atoms with van der Waals surface area (Å²) in [6.07, 6.45) is 0. The molecule has 0 saturated carbocycles. The smallest absolute Gasteiger partial charge is 0.252 e. The van der Waals surface area contributed by atoms with E-state index < -0.39 is 0 Å². The fourth-order valence-corrected chi connectivity index (χ4v) is 3.49. The predicted molar refractivity (Wildman–Crippen MR) is 94.8 cm³/mol. The van der Waals surface area contributed by atoms with E-state index in [2.05, 4.69) is 22.3 Å². The van der Waals surface area contributed by atoms with Crippen LogP contribution in [0.4, 0.5) is 0 Å². The first kappa shape index (κ1) is 17.0. The van der Waals surface area contributed by atoms with E-state index in [9.17, 15) is 4.79 Å². The molecule has 1 saturated heterocycles. The maximum absolute atomic E-state index is 12.3. The molecule has 0 aliphatic carbocycles. The molecule has 1 aliphatic heterocycles. The lowest BCUT2D eigenvalue weighted by Crippen LogP contribution is -2.43. The molecule has 3 rings (SSSR count). The van der Waals surface area contributed by atoms with E-state index >= 15 is 0 Å². The number of amides is 1. The Morgan fingerprint density at radius 3 is 2.67 bits per heavy atom. The number of ether oxygens (including phenoxy) is 2. The number of benzene rings is 1. The van der Waals surface area contributed by atoms with Crippen LogP contribution < -0.4 is 10.1 Å². The van der Waals surface area contributed by atoms with Crippen molar-refractivity contribution in [1.82, 2.24) is 10.2 Å². The van der Waals surface area contributed by atoms with Gasteiger partial charge < -0.3 is 14.8 Å². The minimum atomic E-state index is -0.0250. The number of nitrogens with zero attached hydrogens (tertiary/aromatic N) is 1. The topological polar surface area (TPSA) is 50.8 Å². The van der Waals surface area contributed by atoms with Gasteiger partial charge in [-0.25, -0.2) is 0 Å². The second kappa shape index (κ2) is 8.28. The van der Waals surface area contributed by atoms with Gasteiger partial charge in [-0.1, -0.05) is 12.1 Å². The van der Waals surface area contributed by atoms with Crippen molar-refractivity contribution in [3.8, 4) is 5.75 Å². The molecule has 6 heteroatoms. The van der Waals surface area contributed by atoms with Gasteiger partial charge in [-0.15, -0.1) is 0 Å². The first-order valence-electron chi connectivity index (χ1n) is 8.04. The summed E-state index contributed by atoms with van der Waals surface area (Å²) in [6, 6.07) is 10.0. The molecule has 0 bridgehead atoms. The van der Waals surface area contributed by atoms with Crippen molar-refractivity contribution in [3.63, 3.8) is 0 Å². The van der Waals surface area contributed by atoms with Gasteiger partial charge in [-0.3, -0.25) is 9.69 Å². The van der Waals surface area contributed by atoms with Crippen molar-refractivity contribution in [3.05, 3.63) is 52.2 Å². The van der Waals surface area contributed by atoms with Crippen LogP contribution in [0.2, 0.25) is 0 Å². The van der Waals surface area contributed by atoms with Gasteiger partial charge in [0, 0.05) is 30.6 Å². The summed E-state index contributed by atoms with van der Waals surface area (Å²) in [5, 5.41) is 6.85. The molecule has 1 aliphatic rings. The zero-order chi connectivity index (χ0) is 16.8. The molecular weight excluding hydrogens is 324 g/mol. The quantitative estimate of drug-likeness (QED) is 0.873. The number of nitrogens with one attached hydrogen (secondary N) is 1. The number of carbonyl (C=O) groups excluding carboxylic acids is 1. The first-order valence-corrected chi connectivity index (χ1v) is 8.98. The van der Waals surface area contributed by atoms with Crippen molar-refractivity contribution < 1.29 is 14.3 Å². The normalized spacial score (nSPS) is 16.5. The summed E-state index contributed by atoms with van der Waals surface area (Å²) in [6.45, 7) is 3.76. The predicted octanol–water partition coefficient (Wildman–Crippen LogP) is 2.56. The maximum atomic E-state index is 12.3. The molecule has 0 unspecified atom stereocenters. The molecule has 1 amide bonds. The third-order valence-corrected chi connectivity index (χ3v) is 4.91. The van der Waals surface area contributed by atoms with E-state index in [0.717, 1.165) is 37.6 Å². The molecule has 5 nitrogen and oxygen atoms in total. The highest BCUT2D eigenvalue weighted by Crippen LogP contribution is 2.23. The molecule has 0 spiro atoms. The number of hydrogen-bond donors (Lipinski definition) is 1. The Kier molecular flexibility index (Phi) is 5.85. The van der Waals surface area contributed by atoms with Crippen LogP contribution >= 0.6 is 11.3 Å². The first-order chi connectivity index (χ1) is 11.8. The van der Waals surface area contributed by atoms with Crippen LogP contribution in [0.25, 0.3) is 0 Å². The summed E-state index contributed by atoms with van der Waals surface area (Å²) < 4.78 is 10.7. The summed E-state index contributed by atoms with van der Waals surface area (Å²) in [7, 11) is 1.66. The SMILES string of the molecule is COc1ccc([C@@H](CNC(=O)c2ccsc2)N2CCOCC2)cc1. The summed E-state index contributed by atoms with van der Waals surface area (Å²) in [5.41, 5.74) is 1.89. The van der Waals surface area contributed by atoms with Crippen molar-refractivity contribution in [2.24, 2.45) is 0 Å². The molecule has 128 valence electrons. The van der Waals surface area contributed by atoms with Gasteiger partial charge in [0.25, 0.3) is 5.91 Å². The average molecular weight is 346 g/mol. The van der Waals surface area contributed by atoms with Crippen LogP contribution in [0.5, 0.6) is 5.75 Å². The van der Waals surface area contributed by atoms with Crippen LogP contribution in [-0.2, 0) is 4.74 Å². The Labute approximate surface area is 146 Å². The molecule has 1 N–H and O–H groups in total. The molecule has 24 heavy (non-hydrogen) atoms. The van der Waals surface area contributed by atoms with E-state index in [0.29, 0.717) is 6.54 Å². The monoisotopic (exact) mass is 346 g/mol. The number of carbonyl (C=O) groups is 1. The lowest BCUT2D eigenvalue weighted by atomic mass is 10.0. The van der Waals surface area contributed by atoms with Crippen LogP contribution in [0, 0.1) is 0 Å². The van der Waals surface area contributed by atoms with E-state index in [1.807, 2.05) is 29.0 Å². The summed E-state index contributed by atoms with van der Waals surface area (Å²) in [4.78, 5) is 14.6. The highest BCUT2D eigenvalue weighted by atomic mass is 32.1. The largest absolute Gasteiger partial charge is 0.497 e. The van der Waals surface area contributed by atoms with Gasteiger partial charge in [0.1, 0.15) is 5.75 Å².